The van der Waals surface area contributed by atoms with Crippen molar-refractivity contribution in [3.63, 3.8) is 0 Å². The molecule has 1 fully saturated rings. The number of aliphatic hydroxyl groups is 3. The second kappa shape index (κ2) is 11.2. The van der Waals surface area contributed by atoms with Crippen LogP contribution < -0.4 is 0 Å². The first kappa shape index (κ1) is 22.4. The molecule has 30 heavy (non-hydrogen) atoms. The van der Waals surface area contributed by atoms with Gasteiger partial charge in [0.15, 0.2) is 12.4 Å². The van der Waals surface area contributed by atoms with Gasteiger partial charge in [0.05, 0.1) is 32.0 Å². The Morgan fingerprint density at radius 2 is 1.60 bits per heavy atom. The molecule has 0 spiro atoms. The van der Waals surface area contributed by atoms with Gasteiger partial charge in [-0.25, -0.2) is 4.79 Å². The van der Waals surface area contributed by atoms with Gasteiger partial charge >= 0.3 is 5.97 Å². The highest BCUT2D eigenvalue weighted by molar-refractivity contribution is 5.89. The van der Waals surface area contributed by atoms with Crippen molar-refractivity contribution < 1.29 is 39.1 Å². The largest absolute Gasteiger partial charge is 0.450 e. The van der Waals surface area contributed by atoms with Gasteiger partial charge in [-0.1, -0.05) is 48.5 Å². The molecule has 3 N–H and O–H groups in total. The molecule has 1 aliphatic rings. The van der Waals surface area contributed by atoms with Crippen molar-refractivity contribution in [1.82, 2.24) is 0 Å². The van der Waals surface area contributed by atoms with Crippen molar-refractivity contribution in [2.45, 2.75) is 37.3 Å². The van der Waals surface area contributed by atoms with Gasteiger partial charge < -0.3 is 34.3 Å². The zero-order chi connectivity index (χ0) is 21.3. The molecule has 8 nitrogen and oxygen atoms in total. The van der Waals surface area contributed by atoms with Gasteiger partial charge in [-0.2, -0.15) is 0 Å². The van der Waals surface area contributed by atoms with Crippen LogP contribution >= 0.6 is 0 Å². The molecule has 2 aromatic rings. The number of aliphatic hydroxyl groups excluding tert-OH is 3. The summed E-state index contributed by atoms with van der Waals surface area (Å²) in [7, 11) is 0. The predicted octanol–water partition coefficient (Wildman–Crippen LogP) is 0.884. The molecule has 0 aromatic heterocycles. The van der Waals surface area contributed by atoms with Gasteiger partial charge in [-0.05, 0) is 17.7 Å². The Morgan fingerprint density at radius 3 is 2.27 bits per heavy atom. The lowest BCUT2D eigenvalue weighted by Crippen LogP contribution is -2.60. The normalized spacial score (nSPS) is 26.3. The van der Waals surface area contributed by atoms with Gasteiger partial charge in [-0.3, -0.25) is 0 Å². The molecule has 1 heterocycles. The molecular formula is C22H26O8. The number of rotatable bonds is 9. The van der Waals surface area contributed by atoms with Crippen molar-refractivity contribution >= 4 is 5.97 Å². The third-order valence-corrected chi connectivity index (χ3v) is 4.70. The van der Waals surface area contributed by atoms with Crippen molar-refractivity contribution in [2.75, 3.05) is 19.8 Å². The summed E-state index contributed by atoms with van der Waals surface area (Å²) >= 11 is 0. The third-order valence-electron chi connectivity index (χ3n) is 4.70. The zero-order valence-corrected chi connectivity index (χ0v) is 16.4. The van der Waals surface area contributed by atoms with Crippen LogP contribution in [-0.2, 0) is 25.6 Å². The average molecular weight is 418 g/mol. The fraction of sp³-hybridized carbons (Fsp3) is 0.409. The molecule has 0 bridgehead atoms. The molecule has 1 aliphatic heterocycles. The summed E-state index contributed by atoms with van der Waals surface area (Å²) in [5.74, 6) is -0.688. The molecule has 0 amide bonds. The first-order valence-corrected chi connectivity index (χ1v) is 9.72. The highest BCUT2D eigenvalue weighted by Crippen LogP contribution is 2.25. The van der Waals surface area contributed by atoms with E-state index in [1.54, 1.807) is 30.3 Å². The van der Waals surface area contributed by atoms with Crippen LogP contribution in [0.2, 0.25) is 0 Å². The smallest absolute Gasteiger partial charge is 0.338 e. The van der Waals surface area contributed by atoms with E-state index in [0.717, 1.165) is 5.56 Å². The molecule has 0 saturated carbocycles. The second-order valence-electron chi connectivity index (χ2n) is 6.85. The predicted molar refractivity (Wildman–Crippen MR) is 105 cm³/mol. The quantitative estimate of drug-likeness (QED) is 0.406. The highest BCUT2D eigenvalue weighted by Gasteiger charge is 2.47. The van der Waals surface area contributed by atoms with Crippen LogP contribution in [0.25, 0.3) is 0 Å². The van der Waals surface area contributed by atoms with E-state index in [2.05, 4.69) is 0 Å². The summed E-state index contributed by atoms with van der Waals surface area (Å²) < 4.78 is 22.1. The lowest BCUT2D eigenvalue weighted by molar-refractivity contribution is -0.301. The monoisotopic (exact) mass is 418 g/mol. The topological polar surface area (TPSA) is 115 Å². The summed E-state index contributed by atoms with van der Waals surface area (Å²) in [6.07, 6.45) is -6.43. The van der Waals surface area contributed by atoms with Gasteiger partial charge in [-0.15, -0.1) is 0 Å². The van der Waals surface area contributed by atoms with Crippen LogP contribution in [0.5, 0.6) is 0 Å². The lowest BCUT2D eigenvalue weighted by Gasteiger charge is -2.41. The molecule has 5 atom stereocenters. The van der Waals surface area contributed by atoms with E-state index >= 15 is 0 Å². The van der Waals surface area contributed by atoms with E-state index in [1.807, 2.05) is 30.3 Å². The minimum Gasteiger partial charge on any atom is -0.450 e. The van der Waals surface area contributed by atoms with Crippen molar-refractivity contribution in [2.24, 2.45) is 0 Å². The van der Waals surface area contributed by atoms with Crippen LogP contribution in [0.15, 0.2) is 60.7 Å². The number of hydrogen-bond acceptors (Lipinski definition) is 8. The zero-order valence-electron chi connectivity index (χ0n) is 16.4. The maximum absolute atomic E-state index is 12.4. The van der Waals surface area contributed by atoms with E-state index in [-0.39, 0.29) is 18.8 Å². The summed E-state index contributed by atoms with van der Waals surface area (Å²) in [5, 5.41) is 30.0. The number of ether oxygens (including phenoxy) is 4. The SMILES string of the molecule is O=C(OC1C(OCCOCc2ccccc2)OC(CO)C(O)C1O)c1ccccc1. The van der Waals surface area contributed by atoms with Crippen molar-refractivity contribution in [3.05, 3.63) is 71.8 Å². The van der Waals surface area contributed by atoms with Crippen LogP contribution in [0.4, 0.5) is 0 Å². The average Bonchev–Trinajstić information content (AvgIpc) is 2.79. The fourth-order valence-electron chi connectivity index (χ4n) is 3.07. The minimum atomic E-state index is -1.49. The molecular weight excluding hydrogens is 392 g/mol. The van der Waals surface area contributed by atoms with Gasteiger partial charge in [0.1, 0.15) is 18.3 Å². The van der Waals surface area contributed by atoms with Gasteiger partial charge in [0.25, 0.3) is 0 Å². The number of carbonyl (C=O) groups is 1. The first-order valence-electron chi connectivity index (χ1n) is 9.72. The molecule has 1 saturated heterocycles. The molecule has 3 rings (SSSR count). The highest BCUT2D eigenvalue weighted by atomic mass is 16.7. The first-order chi connectivity index (χ1) is 14.6. The van der Waals surface area contributed by atoms with E-state index in [0.29, 0.717) is 6.61 Å². The fourth-order valence-corrected chi connectivity index (χ4v) is 3.07. The third kappa shape index (κ3) is 5.85. The Bertz CT molecular complexity index is 769. The Balaban J connectivity index is 1.57. The van der Waals surface area contributed by atoms with E-state index in [9.17, 15) is 20.1 Å². The molecule has 0 radical (unpaired) electrons. The van der Waals surface area contributed by atoms with E-state index < -0.39 is 43.3 Å². The maximum atomic E-state index is 12.4. The number of benzene rings is 2. The minimum absolute atomic E-state index is 0.0951. The Morgan fingerprint density at radius 1 is 0.933 bits per heavy atom. The van der Waals surface area contributed by atoms with Crippen LogP contribution in [0.1, 0.15) is 15.9 Å². The summed E-state index contributed by atoms with van der Waals surface area (Å²) in [6.45, 7) is 0.207. The van der Waals surface area contributed by atoms with Crippen LogP contribution in [-0.4, -0.2) is 71.8 Å². The van der Waals surface area contributed by atoms with Crippen molar-refractivity contribution in [3.8, 4) is 0 Å². The maximum Gasteiger partial charge on any atom is 0.338 e. The van der Waals surface area contributed by atoms with Crippen LogP contribution in [0, 0.1) is 0 Å². The standard InChI is InChI=1S/C22H26O8/c23-13-17-18(24)19(25)20(30-21(26)16-9-5-2-6-10-16)22(29-17)28-12-11-27-14-15-7-3-1-4-8-15/h1-10,17-20,22-25H,11-14H2. The Hall–Kier alpha value is -2.33. The molecule has 2 aromatic carbocycles. The summed E-state index contributed by atoms with van der Waals surface area (Å²) in [5.41, 5.74) is 1.30. The lowest BCUT2D eigenvalue weighted by atomic mass is 9.99. The number of esters is 1. The van der Waals surface area contributed by atoms with Crippen molar-refractivity contribution in [1.29, 1.82) is 0 Å². The molecule has 0 aliphatic carbocycles. The Labute approximate surface area is 174 Å². The Kier molecular flexibility index (Phi) is 8.32. The summed E-state index contributed by atoms with van der Waals surface area (Å²) in [6, 6.07) is 17.9. The van der Waals surface area contributed by atoms with Gasteiger partial charge in [0, 0.05) is 0 Å². The van der Waals surface area contributed by atoms with Crippen LogP contribution in [0.3, 0.4) is 0 Å². The molecule has 5 unspecified atom stereocenters. The second-order valence-corrected chi connectivity index (χ2v) is 6.85. The van der Waals surface area contributed by atoms with E-state index in [1.165, 1.54) is 0 Å². The van der Waals surface area contributed by atoms with Gasteiger partial charge in [0.2, 0.25) is 0 Å². The summed E-state index contributed by atoms with van der Waals surface area (Å²) in [4.78, 5) is 12.4. The number of hydrogen-bond donors (Lipinski definition) is 3. The van der Waals surface area contributed by atoms with E-state index in [4.69, 9.17) is 18.9 Å². The molecule has 8 heteroatoms. The molecule has 162 valence electrons. The number of carbonyl (C=O) groups excluding carboxylic acids is 1.